The predicted molar refractivity (Wildman–Crippen MR) is 92.1 cm³/mol. The highest BCUT2D eigenvalue weighted by Crippen LogP contribution is 2.29. The second-order valence-corrected chi connectivity index (χ2v) is 7.06. The molecule has 1 saturated carbocycles. The van der Waals surface area contributed by atoms with Gasteiger partial charge in [-0.3, -0.25) is 0 Å². The summed E-state index contributed by atoms with van der Waals surface area (Å²) in [4.78, 5) is 1.34. The summed E-state index contributed by atoms with van der Waals surface area (Å²) in [5, 5.41) is 4.42. The smallest absolute Gasteiger partial charge is 0.0446 e. The molecular formula is C18H20ClNS. The van der Waals surface area contributed by atoms with E-state index in [1.165, 1.54) is 34.4 Å². The van der Waals surface area contributed by atoms with Crippen LogP contribution in [0.4, 0.5) is 0 Å². The third kappa shape index (κ3) is 4.26. The van der Waals surface area contributed by atoms with Crippen molar-refractivity contribution in [2.45, 2.75) is 43.0 Å². The van der Waals surface area contributed by atoms with E-state index in [9.17, 15) is 0 Å². The van der Waals surface area contributed by atoms with Gasteiger partial charge in [-0.1, -0.05) is 41.9 Å². The fraction of sp³-hybridized carbons (Fsp3) is 0.333. The van der Waals surface area contributed by atoms with E-state index in [-0.39, 0.29) is 0 Å². The molecule has 1 aliphatic carbocycles. The topological polar surface area (TPSA) is 12.0 Å². The van der Waals surface area contributed by atoms with Gasteiger partial charge in [0.15, 0.2) is 0 Å². The first-order chi connectivity index (χ1) is 10.2. The molecule has 0 saturated heterocycles. The van der Waals surface area contributed by atoms with Crippen molar-refractivity contribution in [3.05, 3.63) is 64.2 Å². The van der Waals surface area contributed by atoms with Crippen LogP contribution < -0.4 is 5.32 Å². The van der Waals surface area contributed by atoms with E-state index in [0.717, 1.165) is 23.4 Å². The fourth-order valence-electron chi connectivity index (χ4n) is 2.30. The molecule has 0 spiro atoms. The van der Waals surface area contributed by atoms with E-state index in [1.54, 1.807) is 0 Å². The minimum Gasteiger partial charge on any atom is -0.310 e. The molecule has 0 bridgehead atoms. The molecule has 0 amide bonds. The molecule has 2 aromatic carbocycles. The quantitative estimate of drug-likeness (QED) is 0.736. The van der Waals surface area contributed by atoms with Crippen molar-refractivity contribution in [1.29, 1.82) is 0 Å². The summed E-state index contributed by atoms with van der Waals surface area (Å²) >= 11 is 8.07. The molecule has 3 rings (SSSR count). The lowest BCUT2D eigenvalue weighted by Crippen LogP contribution is -2.15. The van der Waals surface area contributed by atoms with Gasteiger partial charge >= 0.3 is 0 Å². The maximum Gasteiger partial charge on any atom is 0.0446 e. The number of benzene rings is 2. The van der Waals surface area contributed by atoms with Crippen LogP contribution >= 0.6 is 23.4 Å². The number of nitrogens with one attached hydrogen (secondary N) is 1. The number of thioether (sulfide) groups is 1. The van der Waals surface area contributed by atoms with E-state index in [0.29, 0.717) is 0 Å². The second-order valence-electron chi connectivity index (χ2n) is 5.64. The Balaban J connectivity index is 1.61. The van der Waals surface area contributed by atoms with Crippen LogP contribution in [0.25, 0.3) is 0 Å². The van der Waals surface area contributed by atoms with Gasteiger partial charge in [-0.25, -0.2) is 0 Å². The highest BCUT2D eigenvalue weighted by molar-refractivity contribution is 7.98. The molecule has 0 aromatic heterocycles. The minimum absolute atomic E-state index is 0.764. The van der Waals surface area contributed by atoms with Crippen molar-refractivity contribution in [3.8, 4) is 0 Å². The Bertz CT molecular complexity index is 622. The Hall–Kier alpha value is -0.960. The maximum absolute atomic E-state index is 6.21. The molecule has 1 fully saturated rings. The number of hydrogen-bond donors (Lipinski definition) is 1. The first-order valence-electron chi connectivity index (χ1n) is 7.41. The summed E-state index contributed by atoms with van der Waals surface area (Å²) in [6, 6.07) is 15.6. The van der Waals surface area contributed by atoms with E-state index in [2.05, 4.69) is 36.5 Å². The van der Waals surface area contributed by atoms with Gasteiger partial charge in [0.1, 0.15) is 0 Å². The second kappa shape index (κ2) is 6.87. The lowest BCUT2D eigenvalue weighted by molar-refractivity contribution is 0.687. The standard InChI is InChI=1S/C18H20ClNS/c1-13-10-14(11-20-16-7-8-16)6-9-18(13)21-12-15-4-2-3-5-17(15)19/h2-6,9-10,16,20H,7-8,11-12H2,1H3. The van der Waals surface area contributed by atoms with Crippen molar-refractivity contribution in [2.75, 3.05) is 0 Å². The van der Waals surface area contributed by atoms with Crippen LogP contribution in [0.15, 0.2) is 47.4 Å². The van der Waals surface area contributed by atoms with Gasteiger partial charge in [0.05, 0.1) is 0 Å². The molecular weight excluding hydrogens is 298 g/mol. The van der Waals surface area contributed by atoms with E-state index < -0.39 is 0 Å². The number of halogens is 1. The molecule has 2 aromatic rings. The average molecular weight is 318 g/mol. The number of hydrogen-bond acceptors (Lipinski definition) is 2. The molecule has 110 valence electrons. The largest absolute Gasteiger partial charge is 0.310 e. The lowest BCUT2D eigenvalue weighted by atomic mass is 10.1. The van der Waals surface area contributed by atoms with Gasteiger partial charge in [0, 0.05) is 28.3 Å². The van der Waals surface area contributed by atoms with Crippen molar-refractivity contribution < 1.29 is 0 Å². The molecule has 1 nitrogen and oxygen atoms in total. The van der Waals surface area contributed by atoms with Crippen LogP contribution in [0.1, 0.15) is 29.5 Å². The molecule has 3 heteroatoms. The Kier molecular flexibility index (Phi) is 4.89. The summed E-state index contributed by atoms with van der Waals surface area (Å²) < 4.78 is 0. The molecule has 21 heavy (non-hydrogen) atoms. The summed E-state index contributed by atoms with van der Waals surface area (Å²) in [7, 11) is 0. The zero-order chi connectivity index (χ0) is 14.7. The Labute approximate surface area is 136 Å². The summed E-state index contributed by atoms with van der Waals surface area (Å²) in [5.41, 5.74) is 3.92. The monoisotopic (exact) mass is 317 g/mol. The first kappa shape index (κ1) is 15.0. The lowest BCUT2D eigenvalue weighted by Gasteiger charge is -2.10. The molecule has 0 radical (unpaired) electrons. The summed E-state index contributed by atoms with van der Waals surface area (Å²) in [6.07, 6.45) is 2.68. The van der Waals surface area contributed by atoms with Crippen molar-refractivity contribution in [3.63, 3.8) is 0 Å². The zero-order valence-electron chi connectivity index (χ0n) is 12.2. The minimum atomic E-state index is 0.764. The fourth-order valence-corrected chi connectivity index (χ4v) is 3.60. The highest BCUT2D eigenvalue weighted by atomic mass is 35.5. The van der Waals surface area contributed by atoms with Gasteiger partial charge in [-0.05, 0) is 48.6 Å². The Morgan fingerprint density at radius 3 is 2.71 bits per heavy atom. The molecule has 0 unspecified atom stereocenters. The van der Waals surface area contributed by atoms with Crippen LogP contribution in [0.2, 0.25) is 5.02 Å². The third-order valence-corrected chi connectivity index (χ3v) is 5.35. The average Bonchev–Trinajstić information content (AvgIpc) is 3.30. The molecule has 0 heterocycles. The maximum atomic E-state index is 6.21. The molecule has 1 N–H and O–H groups in total. The summed E-state index contributed by atoms with van der Waals surface area (Å²) in [6.45, 7) is 3.18. The van der Waals surface area contributed by atoms with Crippen molar-refractivity contribution in [1.82, 2.24) is 5.32 Å². The van der Waals surface area contributed by atoms with Gasteiger partial charge in [-0.2, -0.15) is 0 Å². The van der Waals surface area contributed by atoms with Crippen LogP contribution in [-0.4, -0.2) is 6.04 Å². The summed E-state index contributed by atoms with van der Waals surface area (Å²) in [5.74, 6) is 0.917. The van der Waals surface area contributed by atoms with Gasteiger partial charge in [-0.15, -0.1) is 11.8 Å². The first-order valence-corrected chi connectivity index (χ1v) is 8.78. The molecule has 0 aliphatic heterocycles. The zero-order valence-corrected chi connectivity index (χ0v) is 13.8. The number of aryl methyl sites for hydroxylation is 1. The van der Waals surface area contributed by atoms with Crippen LogP contribution in [-0.2, 0) is 12.3 Å². The van der Waals surface area contributed by atoms with Gasteiger partial charge < -0.3 is 5.32 Å². The van der Waals surface area contributed by atoms with Gasteiger partial charge in [0.25, 0.3) is 0 Å². The van der Waals surface area contributed by atoms with Crippen LogP contribution in [0, 0.1) is 6.92 Å². The van der Waals surface area contributed by atoms with Gasteiger partial charge in [0.2, 0.25) is 0 Å². The molecule has 1 aliphatic rings. The normalized spacial score (nSPS) is 14.4. The van der Waals surface area contributed by atoms with E-state index in [4.69, 9.17) is 11.6 Å². The van der Waals surface area contributed by atoms with Crippen LogP contribution in [0.5, 0.6) is 0 Å². The number of rotatable bonds is 6. The molecule has 0 atom stereocenters. The van der Waals surface area contributed by atoms with Crippen molar-refractivity contribution >= 4 is 23.4 Å². The van der Waals surface area contributed by atoms with Crippen LogP contribution in [0.3, 0.4) is 0 Å². The van der Waals surface area contributed by atoms with E-state index >= 15 is 0 Å². The SMILES string of the molecule is Cc1cc(CNC2CC2)ccc1SCc1ccccc1Cl. The Morgan fingerprint density at radius 2 is 2.00 bits per heavy atom. The Morgan fingerprint density at radius 1 is 1.19 bits per heavy atom. The third-order valence-electron chi connectivity index (χ3n) is 3.75. The predicted octanol–water partition coefficient (Wildman–Crippen LogP) is 5.19. The van der Waals surface area contributed by atoms with E-state index in [1.807, 2.05) is 30.0 Å². The van der Waals surface area contributed by atoms with Crippen molar-refractivity contribution in [2.24, 2.45) is 0 Å². The highest BCUT2D eigenvalue weighted by Gasteiger charge is 2.19.